The van der Waals surface area contributed by atoms with Gasteiger partial charge in [0, 0.05) is 11.9 Å². The standard InChI is InChI=1S/C14H16N4S/c1-2-5-10-6-3-4-7-11(10)17-14-16-9-8-12(18-14)13(15)19/h3-4,6-9H,2,5H2,1H3,(H2,15,19)(H,16,17,18). The van der Waals surface area contributed by atoms with Crippen LogP contribution in [0, 0.1) is 0 Å². The van der Waals surface area contributed by atoms with Crippen molar-refractivity contribution in [1.82, 2.24) is 9.97 Å². The van der Waals surface area contributed by atoms with E-state index in [2.05, 4.69) is 28.3 Å². The van der Waals surface area contributed by atoms with Gasteiger partial charge in [0.25, 0.3) is 0 Å². The van der Waals surface area contributed by atoms with Gasteiger partial charge < -0.3 is 11.1 Å². The number of anilines is 2. The van der Waals surface area contributed by atoms with Crippen molar-refractivity contribution in [2.45, 2.75) is 19.8 Å². The molecular weight excluding hydrogens is 256 g/mol. The minimum Gasteiger partial charge on any atom is -0.388 e. The molecule has 19 heavy (non-hydrogen) atoms. The number of nitrogens with zero attached hydrogens (tertiary/aromatic N) is 2. The molecule has 1 aromatic heterocycles. The number of benzene rings is 1. The van der Waals surface area contributed by atoms with Crippen molar-refractivity contribution >= 4 is 28.8 Å². The monoisotopic (exact) mass is 272 g/mol. The fourth-order valence-corrected chi connectivity index (χ4v) is 1.92. The lowest BCUT2D eigenvalue weighted by Crippen LogP contribution is -2.13. The number of para-hydroxylation sites is 1. The summed E-state index contributed by atoms with van der Waals surface area (Å²) >= 11 is 4.91. The number of nitrogens with one attached hydrogen (secondary N) is 1. The summed E-state index contributed by atoms with van der Waals surface area (Å²) in [6, 6.07) is 9.83. The highest BCUT2D eigenvalue weighted by Crippen LogP contribution is 2.19. The van der Waals surface area contributed by atoms with E-state index < -0.39 is 0 Å². The zero-order chi connectivity index (χ0) is 13.7. The Kier molecular flexibility index (Phi) is 4.41. The molecule has 0 aliphatic heterocycles. The topological polar surface area (TPSA) is 63.8 Å². The summed E-state index contributed by atoms with van der Waals surface area (Å²) in [4.78, 5) is 8.73. The van der Waals surface area contributed by atoms with Gasteiger partial charge in [0.15, 0.2) is 0 Å². The molecule has 2 rings (SSSR count). The number of rotatable bonds is 5. The van der Waals surface area contributed by atoms with Crippen LogP contribution in [0.1, 0.15) is 24.6 Å². The summed E-state index contributed by atoms with van der Waals surface area (Å²) in [5.74, 6) is 0.508. The molecule has 0 aliphatic carbocycles. The molecule has 2 aromatic rings. The SMILES string of the molecule is CCCc1ccccc1Nc1nccc(C(N)=S)n1. The van der Waals surface area contributed by atoms with Crippen LogP contribution >= 0.6 is 12.2 Å². The van der Waals surface area contributed by atoms with Crippen molar-refractivity contribution in [1.29, 1.82) is 0 Å². The summed E-state index contributed by atoms with van der Waals surface area (Å²) in [5, 5.41) is 3.22. The highest BCUT2D eigenvalue weighted by Gasteiger charge is 2.05. The predicted molar refractivity (Wildman–Crippen MR) is 81.6 cm³/mol. The van der Waals surface area contributed by atoms with Gasteiger partial charge in [-0.1, -0.05) is 43.8 Å². The van der Waals surface area contributed by atoms with Gasteiger partial charge >= 0.3 is 0 Å². The minimum atomic E-state index is 0.271. The first kappa shape index (κ1) is 13.4. The summed E-state index contributed by atoms with van der Waals surface area (Å²) in [6.45, 7) is 2.15. The van der Waals surface area contributed by atoms with E-state index in [9.17, 15) is 0 Å². The molecule has 98 valence electrons. The second-order valence-corrected chi connectivity index (χ2v) is 4.60. The van der Waals surface area contributed by atoms with Crippen LogP contribution < -0.4 is 11.1 Å². The highest BCUT2D eigenvalue weighted by atomic mass is 32.1. The first-order chi connectivity index (χ1) is 9.20. The summed E-state index contributed by atoms with van der Waals surface area (Å²) in [7, 11) is 0. The Bertz CT molecular complexity index is 583. The minimum absolute atomic E-state index is 0.271. The third-order valence-electron chi connectivity index (χ3n) is 2.69. The van der Waals surface area contributed by atoms with Crippen LogP contribution in [0.2, 0.25) is 0 Å². The summed E-state index contributed by atoms with van der Waals surface area (Å²) in [6.07, 6.45) is 3.75. The van der Waals surface area contributed by atoms with Crippen LogP contribution in [0.3, 0.4) is 0 Å². The average Bonchev–Trinajstić information content (AvgIpc) is 2.41. The van der Waals surface area contributed by atoms with Gasteiger partial charge in [0.2, 0.25) is 5.95 Å². The van der Waals surface area contributed by atoms with Gasteiger partial charge in [-0.15, -0.1) is 0 Å². The highest BCUT2D eigenvalue weighted by molar-refractivity contribution is 7.80. The molecule has 0 bridgehead atoms. The van der Waals surface area contributed by atoms with E-state index in [0.717, 1.165) is 18.5 Å². The van der Waals surface area contributed by atoms with Crippen molar-refractivity contribution in [3.8, 4) is 0 Å². The number of aryl methyl sites for hydroxylation is 1. The second kappa shape index (κ2) is 6.24. The number of hydrogen-bond donors (Lipinski definition) is 2. The second-order valence-electron chi connectivity index (χ2n) is 4.16. The van der Waals surface area contributed by atoms with E-state index >= 15 is 0 Å². The fraction of sp³-hybridized carbons (Fsp3) is 0.214. The van der Waals surface area contributed by atoms with E-state index in [1.807, 2.05) is 18.2 Å². The molecule has 0 atom stereocenters. The Balaban J connectivity index is 2.26. The third-order valence-corrected chi connectivity index (χ3v) is 2.90. The van der Waals surface area contributed by atoms with Gasteiger partial charge in [0.1, 0.15) is 10.7 Å². The molecule has 0 radical (unpaired) electrons. The molecule has 0 saturated heterocycles. The maximum Gasteiger partial charge on any atom is 0.227 e. The lowest BCUT2D eigenvalue weighted by atomic mass is 10.1. The van der Waals surface area contributed by atoms with Crippen molar-refractivity contribution in [3.05, 3.63) is 47.8 Å². The molecule has 0 spiro atoms. The Morgan fingerprint density at radius 1 is 1.32 bits per heavy atom. The van der Waals surface area contributed by atoms with Crippen LogP contribution in [-0.2, 0) is 6.42 Å². The first-order valence-corrected chi connectivity index (χ1v) is 6.59. The molecule has 1 heterocycles. The van der Waals surface area contributed by atoms with Gasteiger partial charge in [0.05, 0.1) is 0 Å². The summed E-state index contributed by atoms with van der Waals surface area (Å²) in [5.41, 5.74) is 8.40. The molecule has 0 amide bonds. The van der Waals surface area contributed by atoms with Crippen LogP contribution in [-0.4, -0.2) is 15.0 Å². The molecule has 3 N–H and O–H groups in total. The number of thiocarbonyl (C=S) groups is 1. The smallest absolute Gasteiger partial charge is 0.227 e. The van der Waals surface area contributed by atoms with Crippen molar-refractivity contribution in [3.63, 3.8) is 0 Å². The first-order valence-electron chi connectivity index (χ1n) is 6.18. The van der Waals surface area contributed by atoms with Crippen LogP contribution in [0.4, 0.5) is 11.6 Å². The Labute approximate surface area is 118 Å². The lowest BCUT2D eigenvalue weighted by molar-refractivity contribution is 0.922. The molecule has 5 heteroatoms. The largest absolute Gasteiger partial charge is 0.388 e. The van der Waals surface area contributed by atoms with Crippen molar-refractivity contribution < 1.29 is 0 Å². The van der Waals surface area contributed by atoms with Crippen molar-refractivity contribution in [2.75, 3.05) is 5.32 Å². The van der Waals surface area contributed by atoms with Gasteiger partial charge in [-0.25, -0.2) is 9.97 Å². The maximum atomic E-state index is 5.57. The predicted octanol–water partition coefficient (Wildman–Crippen LogP) is 2.81. The van der Waals surface area contributed by atoms with Gasteiger partial charge in [-0.05, 0) is 24.1 Å². The number of aromatic nitrogens is 2. The lowest BCUT2D eigenvalue weighted by Gasteiger charge is -2.10. The number of nitrogens with two attached hydrogens (primary N) is 1. The molecule has 1 aromatic carbocycles. The van der Waals surface area contributed by atoms with E-state index in [4.69, 9.17) is 18.0 Å². The zero-order valence-electron chi connectivity index (χ0n) is 10.8. The molecule has 0 saturated carbocycles. The van der Waals surface area contributed by atoms with Crippen LogP contribution in [0.15, 0.2) is 36.5 Å². The maximum absolute atomic E-state index is 5.57. The van der Waals surface area contributed by atoms with Gasteiger partial charge in [-0.2, -0.15) is 0 Å². The number of hydrogen-bond acceptors (Lipinski definition) is 4. The zero-order valence-corrected chi connectivity index (χ0v) is 11.6. The Hall–Kier alpha value is -2.01. The third kappa shape index (κ3) is 3.48. The van der Waals surface area contributed by atoms with E-state index in [0.29, 0.717) is 11.6 Å². The Morgan fingerprint density at radius 2 is 2.11 bits per heavy atom. The Morgan fingerprint density at radius 3 is 2.84 bits per heavy atom. The quantitative estimate of drug-likeness (QED) is 0.819. The molecule has 0 unspecified atom stereocenters. The van der Waals surface area contributed by atoms with E-state index in [1.165, 1.54) is 5.56 Å². The molecular formula is C14H16N4S. The van der Waals surface area contributed by atoms with Crippen molar-refractivity contribution in [2.24, 2.45) is 5.73 Å². The van der Waals surface area contributed by atoms with E-state index in [1.54, 1.807) is 12.3 Å². The summed E-state index contributed by atoms with van der Waals surface area (Å²) < 4.78 is 0. The molecule has 4 nitrogen and oxygen atoms in total. The fourth-order valence-electron chi connectivity index (χ4n) is 1.81. The van der Waals surface area contributed by atoms with Gasteiger partial charge in [-0.3, -0.25) is 0 Å². The molecule has 0 aliphatic rings. The normalized spacial score (nSPS) is 10.2. The van der Waals surface area contributed by atoms with Crippen LogP contribution in [0.5, 0.6) is 0 Å². The average molecular weight is 272 g/mol. The van der Waals surface area contributed by atoms with E-state index in [-0.39, 0.29) is 4.99 Å². The van der Waals surface area contributed by atoms with Crippen LogP contribution in [0.25, 0.3) is 0 Å². The molecule has 0 fully saturated rings.